The first-order valence-electron chi connectivity index (χ1n) is 11.2. The van der Waals surface area contributed by atoms with Gasteiger partial charge in [0.15, 0.2) is 0 Å². The quantitative estimate of drug-likeness (QED) is 0.417. The molecule has 0 spiro atoms. The third-order valence-electron chi connectivity index (χ3n) is 6.80. The van der Waals surface area contributed by atoms with E-state index in [1.54, 1.807) is 12.3 Å². The van der Waals surface area contributed by atoms with Crippen LogP contribution in [0.1, 0.15) is 40.8 Å². The zero-order valence-electron chi connectivity index (χ0n) is 18.0. The number of halogens is 3. The van der Waals surface area contributed by atoms with E-state index in [1.807, 2.05) is 18.2 Å². The van der Waals surface area contributed by atoms with Crippen molar-refractivity contribution in [2.75, 3.05) is 5.32 Å². The summed E-state index contributed by atoms with van der Waals surface area (Å²) in [5.74, 6) is 3.07. The van der Waals surface area contributed by atoms with Crippen LogP contribution in [0.25, 0.3) is 11.0 Å². The van der Waals surface area contributed by atoms with Crippen LogP contribution in [0, 0.1) is 0 Å². The van der Waals surface area contributed by atoms with Crippen LogP contribution in [0.3, 0.4) is 0 Å². The van der Waals surface area contributed by atoms with E-state index in [0.29, 0.717) is 47.0 Å². The van der Waals surface area contributed by atoms with Crippen molar-refractivity contribution >= 4 is 22.8 Å². The number of nitrogens with zero attached hydrogens (tertiary/aromatic N) is 2. The Balaban J connectivity index is 1.16. The Morgan fingerprint density at radius 2 is 1.94 bits per heavy atom. The van der Waals surface area contributed by atoms with Gasteiger partial charge >= 0.3 is 6.18 Å². The van der Waals surface area contributed by atoms with E-state index < -0.39 is 11.7 Å². The van der Waals surface area contributed by atoms with E-state index in [9.17, 15) is 18.0 Å². The number of hydrogen-bond acceptors (Lipinski definition) is 5. The first-order chi connectivity index (χ1) is 16.8. The van der Waals surface area contributed by atoms with E-state index in [4.69, 9.17) is 9.47 Å². The first-order valence-corrected chi connectivity index (χ1v) is 11.2. The molecule has 2 N–H and O–H groups in total. The first kappa shape index (κ1) is 20.3. The lowest BCUT2D eigenvalue weighted by molar-refractivity contribution is -0.137. The summed E-state index contributed by atoms with van der Waals surface area (Å²) >= 11 is 0. The molecule has 0 radical (unpaired) electrons. The zero-order chi connectivity index (χ0) is 23.9. The van der Waals surface area contributed by atoms with Crippen molar-refractivity contribution in [2.45, 2.75) is 37.0 Å². The van der Waals surface area contributed by atoms with E-state index in [2.05, 4.69) is 20.3 Å². The highest BCUT2D eigenvalue weighted by Gasteiger charge is 2.61. The molecule has 0 bridgehead atoms. The van der Waals surface area contributed by atoms with Crippen LogP contribution in [0.5, 0.6) is 17.2 Å². The Labute approximate surface area is 196 Å². The SMILES string of the molecule is O=C1CCc2c(Oc3ccc4c(c3)C3[C@H](O4)[C@H]3c3nc4ccc(C(F)(F)F)cc4[nH]3)ccnc2N1. The van der Waals surface area contributed by atoms with Crippen molar-refractivity contribution in [1.29, 1.82) is 0 Å². The number of amides is 1. The van der Waals surface area contributed by atoms with Crippen molar-refractivity contribution in [2.24, 2.45) is 0 Å². The van der Waals surface area contributed by atoms with Gasteiger partial charge in [0.1, 0.15) is 35.0 Å². The van der Waals surface area contributed by atoms with Gasteiger partial charge in [0.2, 0.25) is 5.91 Å². The van der Waals surface area contributed by atoms with Gasteiger partial charge in [0.25, 0.3) is 0 Å². The van der Waals surface area contributed by atoms with Gasteiger partial charge < -0.3 is 19.8 Å². The molecule has 3 aliphatic rings. The lowest BCUT2D eigenvalue weighted by Crippen LogP contribution is -2.20. The number of anilines is 1. The van der Waals surface area contributed by atoms with E-state index in [0.717, 1.165) is 29.0 Å². The number of ether oxygens (including phenoxy) is 2. The van der Waals surface area contributed by atoms with Gasteiger partial charge in [-0.1, -0.05) is 0 Å². The molecular formula is C25H17F3N4O3. The van der Waals surface area contributed by atoms with Gasteiger partial charge in [-0.15, -0.1) is 0 Å². The summed E-state index contributed by atoms with van der Waals surface area (Å²) in [5, 5.41) is 2.77. The maximum atomic E-state index is 13.1. The summed E-state index contributed by atoms with van der Waals surface area (Å²) in [6.45, 7) is 0. The monoisotopic (exact) mass is 478 g/mol. The maximum absolute atomic E-state index is 13.1. The fourth-order valence-corrected chi connectivity index (χ4v) is 5.07. The highest BCUT2D eigenvalue weighted by atomic mass is 19.4. The second-order valence-corrected chi connectivity index (χ2v) is 8.97. The highest BCUT2D eigenvalue weighted by Crippen LogP contribution is 2.63. The van der Waals surface area contributed by atoms with Crippen LogP contribution in [0.2, 0.25) is 0 Å². The molecule has 7 rings (SSSR count). The maximum Gasteiger partial charge on any atom is 0.416 e. The minimum atomic E-state index is -4.41. The zero-order valence-corrected chi connectivity index (χ0v) is 18.0. The number of nitrogens with one attached hydrogen (secondary N) is 2. The predicted molar refractivity (Wildman–Crippen MR) is 119 cm³/mol. The van der Waals surface area contributed by atoms with Crippen LogP contribution in [0.15, 0.2) is 48.7 Å². The molecule has 1 saturated carbocycles. The third kappa shape index (κ3) is 3.23. The van der Waals surface area contributed by atoms with Gasteiger partial charge in [-0.3, -0.25) is 4.79 Å². The average molecular weight is 478 g/mol. The molecule has 1 unspecified atom stereocenters. The number of rotatable bonds is 3. The number of carbonyl (C=O) groups is 1. The van der Waals surface area contributed by atoms with Gasteiger partial charge in [-0.2, -0.15) is 13.2 Å². The predicted octanol–water partition coefficient (Wildman–Crippen LogP) is 5.30. The standard InChI is InChI=1S/C25H17F3N4O3/c26-25(27,28)11-1-4-15-16(9-11)31-24(30-15)21-20-14-10-12(2-5-17(14)35-22(20)21)34-18-7-8-29-23-13(18)3-6-19(33)32-23/h1-2,4-5,7-10,20-22H,3,6H2,(H,30,31)(H,29,32,33)/t20?,21-,22-/m0/s1. The number of hydrogen-bond donors (Lipinski definition) is 2. The average Bonchev–Trinajstić information content (AvgIpc) is 3.18. The van der Waals surface area contributed by atoms with Gasteiger partial charge in [0, 0.05) is 29.7 Å². The number of imidazole rings is 1. The number of H-pyrrole nitrogens is 1. The summed E-state index contributed by atoms with van der Waals surface area (Å²) in [6.07, 6.45) is -2.01. The lowest BCUT2D eigenvalue weighted by atomic mass is 10.1. The highest BCUT2D eigenvalue weighted by molar-refractivity contribution is 5.93. The summed E-state index contributed by atoms with van der Waals surface area (Å²) in [5.41, 5.74) is 1.96. The van der Waals surface area contributed by atoms with Crippen molar-refractivity contribution in [1.82, 2.24) is 15.0 Å². The fraction of sp³-hybridized carbons (Fsp3) is 0.240. The van der Waals surface area contributed by atoms with Crippen molar-refractivity contribution in [3.63, 3.8) is 0 Å². The van der Waals surface area contributed by atoms with Crippen LogP contribution in [0.4, 0.5) is 19.0 Å². The summed E-state index contributed by atoms with van der Waals surface area (Å²) in [4.78, 5) is 23.5. The molecule has 1 fully saturated rings. The minimum Gasteiger partial charge on any atom is -0.489 e. The van der Waals surface area contributed by atoms with Crippen LogP contribution < -0.4 is 14.8 Å². The molecule has 35 heavy (non-hydrogen) atoms. The Hall–Kier alpha value is -4.08. The topological polar surface area (TPSA) is 89.1 Å². The summed E-state index contributed by atoms with van der Waals surface area (Å²) in [7, 11) is 0. The van der Waals surface area contributed by atoms with Crippen LogP contribution in [-0.4, -0.2) is 27.0 Å². The lowest BCUT2D eigenvalue weighted by Gasteiger charge is -2.19. The fourth-order valence-electron chi connectivity index (χ4n) is 5.07. The second kappa shape index (κ2) is 6.97. The number of aromatic nitrogens is 3. The molecule has 176 valence electrons. The molecule has 4 aromatic rings. The van der Waals surface area contributed by atoms with Gasteiger partial charge in [0.05, 0.1) is 22.5 Å². The molecular weight excluding hydrogens is 461 g/mol. The van der Waals surface area contributed by atoms with E-state index in [1.165, 1.54) is 6.07 Å². The van der Waals surface area contributed by atoms with Gasteiger partial charge in [-0.05, 0) is 48.9 Å². The van der Waals surface area contributed by atoms with E-state index >= 15 is 0 Å². The minimum absolute atomic E-state index is 0.0434. The normalized spacial score (nSPS) is 22.1. The molecule has 10 heteroatoms. The largest absolute Gasteiger partial charge is 0.489 e. The Bertz CT molecular complexity index is 1530. The smallest absolute Gasteiger partial charge is 0.416 e. The number of alkyl halides is 3. The molecule has 4 heterocycles. The van der Waals surface area contributed by atoms with Crippen molar-refractivity contribution in [3.05, 3.63) is 71.2 Å². The third-order valence-corrected chi connectivity index (χ3v) is 6.80. The Morgan fingerprint density at radius 3 is 2.80 bits per heavy atom. The summed E-state index contributed by atoms with van der Waals surface area (Å²) in [6, 6.07) is 10.9. The number of aromatic amines is 1. The van der Waals surface area contributed by atoms with Crippen LogP contribution in [-0.2, 0) is 17.4 Å². The molecule has 3 atom stereocenters. The van der Waals surface area contributed by atoms with Crippen molar-refractivity contribution < 1.29 is 27.4 Å². The molecule has 2 aromatic heterocycles. The number of benzene rings is 2. The summed E-state index contributed by atoms with van der Waals surface area (Å²) < 4.78 is 51.4. The molecule has 1 amide bonds. The molecule has 2 aromatic carbocycles. The number of carbonyl (C=O) groups excluding carboxylic acids is 1. The van der Waals surface area contributed by atoms with Crippen LogP contribution >= 0.6 is 0 Å². The molecule has 0 saturated heterocycles. The molecule has 2 aliphatic heterocycles. The van der Waals surface area contributed by atoms with Gasteiger partial charge in [-0.25, -0.2) is 9.97 Å². The van der Waals surface area contributed by atoms with E-state index in [-0.39, 0.29) is 23.8 Å². The van der Waals surface area contributed by atoms with Crippen molar-refractivity contribution in [3.8, 4) is 17.2 Å². The number of pyridine rings is 1. The molecule has 7 nitrogen and oxygen atoms in total. The number of fused-ring (bicyclic) bond motifs is 5. The second-order valence-electron chi connectivity index (χ2n) is 8.97. The Morgan fingerprint density at radius 1 is 1.06 bits per heavy atom. The molecule has 1 aliphatic carbocycles. The Kier molecular flexibility index (Phi) is 4.04.